The van der Waals surface area contributed by atoms with E-state index < -0.39 is 0 Å². The molecule has 18 heavy (non-hydrogen) atoms. The van der Waals surface area contributed by atoms with Gasteiger partial charge in [0.15, 0.2) is 0 Å². The van der Waals surface area contributed by atoms with E-state index in [2.05, 4.69) is 0 Å². The van der Waals surface area contributed by atoms with E-state index in [-0.39, 0.29) is 5.91 Å². The van der Waals surface area contributed by atoms with Crippen molar-refractivity contribution in [2.75, 3.05) is 6.54 Å². The van der Waals surface area contributed by atoms with Gasteiger partial charge in [-0.2, -0.15) is 0 Å². The Morgan fingerprint density at radius 1 is 1.28 bits per heavy atom. The normalized spacial score (nSPS) is 17.6. The first kappa shape index (κ1) is 13.0. The second-order valence-electron chi connectivity index (χ2n) is 3.71. The van der Waals surface area contributed by atoms with Gasteiger partial charge in [0.1, 0.15) is 10.6 Å². The lowest BCUT2D eigenvalue weighted by atomic mass is 10.1. The third kappa shape index (κ3) is 2.52. The smallest absolute Gasteiger partial charge is 0.266 e. The van der Waals surface area contributed by atoms with Crippen molar-refractivity contribution in [3.8, 4) is 0 Å². The Balaban J connectivity index is 2.25. The van der Waals surface area contributed by atoms with Gasteiger partial charge in [-0.1, -0.05) is 48.2 Å². The number of rotatable bonds is 3. The number of amides is 1. The molecule has 5 heteroatoms. The van der Waals surface area contributed by atoms with Gasteiger partial charge >= 0.3 is 0 Å². The van der Waals surface area contributed by atoms with E-state index in [1.165, 1.54) is 11.8 Å². The van der Waals surface area contributed by atoms with Crippen molar-refractivity contribution in [1.29, 1.82) is 0 Å². The Bertz CT molecular complexity index is 534. The van der Waals surface area contributed by atoms with Crippen molar-refractivity contribution in [3.63, 3.8) is 0 Å². The summed E-state index contributed by atoms with van der Waals surface area (Å²) in [6.07, 6.45) is 2.59. The molecule has 0 N–H and O–H groups in total. The quantitative estimate of drug-likeness (QED) is 0.483. The van der Waals surface area contributed by atoms with Gasteiger partial charge in [-0.25, -0.2) is 0 Å². The highest BCUT2D eigenvalue weighted by Crippen LogP contribution is 2.32. The van der Waals surface area contributed by atoms with Crippen LogP contribution in [0.5, 0.6) is 0 Å². The fourth-order valence-electron chi connectivity index (χ4n) is 1.59. The fourth-order valence-corrected chi connectivity index (χ4v) is 2.98. The zero-order valence-corrected chi connectivity index (χ0v) is 11.4. The van der Waals surface area contributed by atoms with Crippen molar-refractivity contribution in [2.24, 2.45) is 0 Å². The zero-order valence-electron chi connectivity index (χ0n) is 9.75. The molecule has 3 nitrogen and oxygen atoms in total. The molecule has 2 rings (SSSR count). The molecule has 0 spiro atoms. The van der Waals surface area contributed by atoms with Gasteiger partial charge in [0, 0.05) is 12.1 Å². The van der Waals surface area contributed by atoms with Gasteiger partial charge in [-0.15, -0.1) is 0 Å². The summed E-state index contributed by atoms with van der Waals surface area (Å²) >= 11 is 6.44. The lowest BCUT2D eigenvalue weighted by Gasteiger charge is -2.09. The van der Waals surface area contributed by atoms with E-state index >= 15 is 0 Å². The lowest BCUT2D eigenvalue weighted by Crippen LogP contribution is -2.27. The maximum absolute atomic E-state index is 12.0. The predicted octanol–water partition coefficient (Wildman–Crippen LogP) is 2.72. The van der Waals surface area contributed by atoms with Crippen molar-refractivity contribution in [3.05, 3.63) is 40.3 Å². The van der Waals surface area contributed by atoms with Crippen molar-refractivity contribution in [2.45, 2.75) is 6.92 Å². The zero-order chi connectivity index (χ0) is 13.1. The number of likely N-dealkylation sites (N-methyl/N-ethyl adjacent to an activating group) is 1. The number of thiocarbonyl (C=S) groups is 1. The van der Waals surface area contributed by atoms with Crippen LogP contribution in [0, 0.1) is 0 Å². The molecule has 0 atom stereocenters. The van der Waals surface area contributed by atoms with Gasteiger partial charge in [-0.05, 0) is 18.6 Å². The molecule has 1 aliphatic heterocycles. The minimum atomic E-state index is -0.0491. The summed E-state index contributed by atoms with van der Waals surface area (Å²) in [4.78, 5) is 24.7. The van der Waals surface area contributed by atoms with Crippen LogP contribution in [0.25, 0.3) is 6.08 Å². The van der Waals surface area contributed by atoms with E-state index in [4.69, 9.17) is 12.2 Å². The summed E-state index contributed by atoms with van der Waals surface area (Å²) in [5.74, 6) is -0.0491. The average molecular weight is 277 g/mol. The minimum Gasteiger partial charge on any atom is -0.298 e. The molecule has 0 aromatic heterocycles. The van der Waals surface area contributed by atoms with E-state index in [1.54, 1.807) is 23.1 Å². The van der Waals surface area contributed by atoms with Crippen LogP contribution in [0.3, 0.4) is 0 Å². The van der Waals surface area contributed by atoms with E-state index in [0.717, 1.165) is 11.8 Å². The van der Waals surface area contributed by atoms with Crippen LogP contribution >= 0.6 is 24.0 Å². The minimum absolute atomic E-state index is 0.0491. The summed E-state index contributed by atoms with van der Waals surface area (Å²) in [6.45, 7) is 2.48. The monoisotopic (exact) mass is 277 g/mol. The van der Waals surface area contributed by atoms with Crippen LogP contribution in [0.15, 0.2) is 29.2 Å². The number of hydrogen-bond acceptors (Lipinski definition) is 4. The van der Waals surface area contributed by atoms with Crippen LogP contribution in [-0.2, 0) is 4.79 Å². The second kappa shape index (κ2) is 5.46. The summed E-state index contributed by atoms with van der Waals surface area (Å²) in [5, 5.41) is 0. The highest BCUT2D eigenvalue weighted by Gasteiger charge is 2.30. The van der Waals surface area contributed by atoms with E-state index in [1.807, 2.05) is 19.1 Å². The van der Waals surface area contributed by atoms with Gasteiger partial charge in [0.05, 0.1) is 4.91 Å². The molecule has 0 radical (unpaired) electrons. The lowest BCUT2D eigenvalue weighted by molar-refractivity contribution is -0.121. The molecule has 0 bridgehead atoms. The Hall–Kier alpha value is -1.46. The number of carbonyl (C=O) groups is 2. The van der Waals surface area contributed by atoms with Crippen LogP contribution in [0.4, 0.5) is 0 Å². The first-order valence-corrected chi connectivity index (χ1v) is 6.68. The molecule has 1 saturated heterocycles. The first-order valence-electron chi connectivity index (χ1n) is 5.46. The maximum Gasteiger partial charge on any atom is 0.266 e. The predicted molar refractivity (Wildman–Crippen MR) is 77.4 cm³/mol. The van der Waals surface area contributed by atoms with Crippen LogP contribution in [0.1, 0.15) is 22.8 Å². The molecule has 1 fully saturated rings. The molecule has 92 valence electrons. The number of hydrogen-bond donors (Lipinski definition) is 0. The molecule has 1 amide bonds. The number of nitrogens with zero attached hydrogens (tertiary/aromatic N) is 1. The van der Waals surface area contributed by atoms with Crippen molar-refractivity contribution >= 4 is 46.6 Å². The molecule has 0 aliphatic carbocycles. The third-order valence-corrected chi connectivity index (χ3v) is 3.94. The molecular weight excluding hydrogens is 266 g/mol. The third-order valence-electron chi connectivity index (χ3n) is 2.56. The van der Waals surface area contributed by atoms with Gasteiger partial charge in [-0.3, -0.25) is 14.5 Å². The summed E-state index contributed by atoms with van der Waals surface area (Å²) in [5.41, 5.74) is 1.51. The summed E-state index contributed by atoms with van der Waals surface area (Å²) in [6, 6.07) is 7.06. The largest absolute Gasteiger partial charge is 0.298 e. The highest BCUT2D eigenvalue weighted by atomic mass is 32.2. The SMILES string of the molecule is CCN1C(=O)/C(=C/c2ccc(C=O)cc2)SC1=S. The van der Waals surface area contributed by atoms with Crippen molar-refractivity contribution < 1.29 is 9.59 Å². The molecule has 0 unspecified atom stereocenters. The van der Waals surface area contributed by atoms with Gasteiger partial charge < -0.3 is 0 Å². The van der Waals surface area contributed by atoms with Crippen molar-refractivity contribution in [1.82, 2.24) is 4.90 Å². The van der Waals surface area contributed by atoms with E-state index in [0.29, 0.717) is 21.3 Å². The van der Waals surface area contributed by atoms with Crippen LogP contribution in [-0.4, -0.2) is 28.0 Å². The number of carbonyl (C=O) groups excluding carboxylic acids is 2. The average Bonchev–Trinajstić information content (AvgIpc) is 2.65. The molecule has 1 aromatic carbocycles. The number of thioether (sulfide) groups is 1. The fraction of sp³-hybridized carbons (Fsp3) is 0.154. The Kier molecular flexibility index (Phi) is 3.93. The second-order valence-corrected chi connectivity index (χ2v) is 5.39. The maximum atomic E-state index is 12.0. The standard InChI is InChI=1S/C13H11NO2S2/c1-2-14-12(16)11(18-13(14)17)7-9-3-5-10(8-15)6-4-9/h3-8H,2H2,1H3/b11-7-. The number of benzene rings is 1. The van der Waals surface area contributed by atoms with Gasteiger partial charge in [0.25, 0.3) is 5.91 Å². The molecular formula is C13H11NO2S2. The summed E-state index contributed by atoms with van der Waals surface area (Å²) in [7, 11) is 0. The Morgan fingerprint density at radius 2 is 1.89 bits per heavy atom. The number of aldehydes is 1. The van der Waals surface area contributed by atoms with Crippen LogP contribution in [0.2, 0.25) is 0 Å². The molecule has 1 aliphatic rings. The topological polar surface area (TPSA) is 37.4 Å². The molecule has 1 heterocycles. The van der Waals surface area contributed by atoms with Crippen LogP contribution < -0.4 is 0 Å². The Morgan fingerprint density at radius 3 is 2.39 bits per heavy atom. The summed E-state index contributed by atoms with van der Waals surface area (Å²) < 4.78 is 0.596. The van der Waals surface area contributed by atoms with E-state index in [9.17, 15) is 9.59 Å². The Labute approximate surface area is 115 Å². The highest BCUT2D eigenvalue weighted by molar-refractivity contribution is 8.26. The molecule has 0 saturated carbocycles. The molecule has 1 aromatic rings. The first-order chi connectivity index (χ1) is 8.65. The van der Waals surface area contributed by atoms with Gasteiger partial charge in [0.2, 0.25) is 0 Å².